The van der Waals surface area contributed by atoms with E-state index >= 15 is 0 Å². The van der Waals surface area contributed by atoms with E-state index in [9.17, 15) is 15.0 Å². The van der Waals surface area contributed by atoms with Crippen LogP contribution in [0, 0.1) is 0 Å². The van der Waals surface area contributed by atoms with Crippen LogP contribution in [0.3, 0.4) is 0 Å². The number of allylic oxidation sites excluding steroid dienone is 8. The first-order valence-electron chi connectivity index (χ1n) is 10.8. The number of esters is 1. The lowest BCUT2D eigenvalue weighted by Crippen LogP contribution is -2.25. The van der Waals surface area contributed by atoms with Crippen LogP contribution in [0.15, 0.2) is 72.9 Å². The minimum atomic E-state index is -0.860. The molecule has 0 amide bonds. The van der Waals surface area contributed by atoms with E-state index in [0.29, 0.717) is 19.3 Å². The van der Waals surface area contributed by atoms with Gasteiger partial charge in [0.2, 0.25) is 0 Å². The molecule has 0 fully saturated rings. The number of rotatable bonds is 17. The SMILES string of the molecule is CC/C=C\C[C@H](O)/C=C/C=C\C/C=C\C=C\[C@H](O)/C=C\CCCC(=O)OC(CO)CO. The monoisotopic (exact) mass is 434 g/mol. The lowest BCUT2D eigenvalue weighted by molar-refractivity contribution is -0.153. The van der Waals surface area contributed by atoms with Gasteiger partial charge in [0.05, 0.1) is 25.4 Å². The zero-order chi connectivity index (χ0) is 23.2. The molecule has 6 heteroatoms. The fraction of sp³-hybridized carbons (Fsp3) is 0.480. The summed E-state index contributed by atoms with van der Waals surface area (Å²) in [6.45, 7) is 1.26. The van der Waals surface area contributed by atoms with Crippen molar-refractivity contribution in [3.8, 4) is 0 Å². The van der Waals surface area contributed by atoms with Crippen LogP contribution in [0.1, 0.15) is 45.4 Å². The van der Waals surface area contributed by atoms with Crippen molar-refractivity contribution < 1.29 is 30.0 Å². The lowest BCUT2D eigenvalue weighted by Gasteiger charge is -2.11. The van der Waals surface area contributed by atoms with Gasteiger partial charge in [-0.25, -0.2) is 0 Å². The van der Waals surface area contributed by atoms with Crippen LogP contribution in [-0.4, -0.2) is 57.9 Å². The number of unbranched alkanes of at least 4 members (excludes halogenated alkanes) is 1. The first kappa shape index (κ1) is 28.8. The van der Waals surface area contributed by atoms with E-state index in [0.717, 1.165) is 12.8 Å². The lowest BCUT2D eigenvalue weighted by atomic mass is 10.2. The Morgan fingerprint density at radius 2 is 1.55 bits per heavy atom. The van der Waals surface area contributed by atoms with E-state index in [1.54, 1.807) is 30.4 Å². The predicted octanol–water partition coefficient (Wildman–Crippen LogP) is 3.30. The van der Waals surface area contributed by atoms with E-state index in [1.807, 2.05) is 42.5 Å². The first-order chi connectivity index (χ1) is 15.0. The number of carbonyl (C=O) groups is 1. The van der Waals surface area contributed by atoms with Gasteiger partial charge in [-0.1, -0.05) is 79.8 Å². The molecule has 0 aromatic rings. The van der Waals surface area contributed by atoms with Crippen LogP contribution in [0.4, 0.5) is 0 Å². The van der Waals surface area contributed by atoms with Gasteiger partial charge in [-0.3, -0.25) is 4.79 Å². The summed E-state index contributed by atoms with van der Waals surface area (Å²) in [6.07, 6.45) is 23.8. The van der Waals surface area contributed by atoms with Crippen molar-refractivity contribution in [1.29, 1.82) is 0 Å². The van der Waals surface area contributed by atoms with Gasteiger partial charge in [-0.05, 0) is 32.1 Å². The van der Waals surface area contributed by atoms with Crippen LogP contribution in [0.5, 0.6) is 0 Å². The molecule has 0 spiro atoms. The van der Waals surface area contributed by atoms with Crippen molar-refractivity contribution in [3.63, 3.8) is 0 Å². The van der Waals surface area contributed by atoms with Gasteiger partial charge in [0.15, 0.2) is 0 Å². The van der Waals surface area contributed by atoms with E-state index in [2.05, 4.69) is 6.92 Å². The van der Waals surface area contributed by atoms with Crippen LogP contribution in [0.25, 0.3) is 0 Å². The Balaban J connectivity index is 3.93. The van der Waals surface area contributed by atoms with Gasteiger partial charge in [-0.2, -0.15) is 0 Å². The summed E-state index contributed by atoms with van der Waals surface area (Å²) >= 11 is 0. The Bertz CT molecular complexity index is 612. The molecule has 6 nitrogen and oxygen atoms in total. The fourth-order valence-corrected chi connectivity index (χ4v) is 2.29. The molecule has 0 aliphatic carbocycles. The quantitative estimate of drug-likeness (QED) is 0.121. The van der Waals surface area contributed by atoms with Gasteiger partial charge in [0.25, 0.3) is 0 Å². The van der Waals surface area contributed by atoms with Gasteiger partial charge in [-0.15, -0.1) is 0 Å². The molecule has 0 unspecified atom stereocenters. The van der Waals surface area contributed by atoms with E-state index in [1.165, 1.54) is 0 Å². The van der Waals surface area contributed by atoms with Crippen LogP contribution in [0.2, 0.25) is 0 Å². The molecule has 0 saturated carbocycles. The van der Waals surface area contributed by atoms with Crippen molar-refractivity contribution in [2.45, 2.75) is 63.8 Å². The number of ether oxygens (including phenoxy) is 1. The summed E-state index contributed by atoms with van der Waals surface area (Å²) in [7, 11) is 0. The van der Waals surface area contributed by atoms with Crippen LogP contribution in [-0.2, 0) is 9.53 Å². The average Bonchev–Trinajstić information content (AvgIpc) is 2.76. The summed E-state index contributed by atoms with van der Waals surface area (Å²) < 4.78 is 4.86. The minimum absolute atomic E-state index is 0.188. The van der Waals surface area contributed by atoms with Gasteiger partial charge in [0.1, 0.15) is 6.10 Å². The second-order valence-electron chi connectivity index (χ2n) is 6.83. The topological polar surface area (TPSA) is 107 Å². The Hall–Kier alpha value is -2.25. The third-order valence-corrected chi connectivity index (χ3v) is 3.98. The second kappa shape index (κ2) is 21.0. The zero-order valence-corrected chi connectivity index (χ0v) is 18.4. The maximum absolute atomic E-state index is 11.5. The molecule has 0 bridgehead atoms. The highest BCUT2D eigenvalue weighted by atomic mass is 16.6. The maximum Gasteiger partial charge on any atom is 0.306 e. The molecule has 0 rings (SSSR count). The number of aliphatic hydroxyl groups excluding tert-OH is 4. The summed E-state index contributed by atoms with van der Waals surface area (Å²) in [4.78, 5) is 11.5. The molecule has 0 saturated heterocycles. The maximum atomic E-state index is 11.5. The number of carbonyl (C=O) groups excluding carboxylic acids is 1. The van der Waals surface area contributed by atoms with E-state index in [-0.39, 0.29) is 6.42 Å². The molecule has 0 aromatic heterocycles. The number of hydrogen-bond acceptors (Lipinski definition) is 6. The van der Waals surface area contributed by atoms with Crippen LogP contribution < -0.4 is 0 Å². The summed E-state index contributed by atoms with van der Waals surface area (Å²) in [5, 5.41) is 37.2. The molecular formula is C25H38O6. The molecule has 174 valence electrons. The van der Waals surface area contributed by atoms with Crippen molar-refractivity contribution in [2.24, 2.45) is 0 Å². The number of hydrogen-bond donors (Lipinski definition) is 4. The molecule has 0 aliphatic rings. The van der Waals surface area contributed by atoms with E-state index in [4.69, 9.17) is 14.9 Å². The zero-order valence-electron chi connectivity index (χ0n) is 18.4. The molecule has 4 N–H and O–H groups in total. The third-order valence-electron chi connectivity index (χ3n) is 3.98. The summed E-state index contributed by atoms with van der Waals surface area (Å²) in [6, 6.07) is 0. The van der Waals surface area contributed by atoms with Gasteiger partial charge in [0, 0.05) is 6.42 Å². The minimum Gasteiger partial charge on any atom is -0.457 e. The Morgan fingerprint density at radius 3 is 2.19 bits per heavy atom. The fourth-order valence-electron chi connectivity index (χ4n) is 2.29. The van der Waals surface area contributed by atoms with Crippen molar-refractivity contribution in [1.82, 2.24) is 0 Å². The van der Waals surface area contributed by atoms with Crippen LogP contribution >= 0.6 is 0 Å². The Labute approximate surface area is 186 Å². The third kappa shape index (κ3) is 19.5. The average molecular weight is 435 g/mol. The smallest absolute Gasteiger partial charge is 0.306 e. The summed E-state index contributed by atoms with van der Waals surface area (Å²) in [5.41, 5.74) is 0. The molecule has 2 atom stereocenters. The van der Waals surface area contributed by atoms with Gasteiger partial charge < -0.3 is 25.2 Å². The summed E-state index contributed by atoms with van der Waals surface area (Å²) in [5.74, 6) is -0.461. The Morgan fingerprint density at radius 1 is 0.871 bits per heavy atom. The molecular weight excluding hydrogens is 396 g/mol. The Kier molecular flexibility index (Phi) is 19.5. The highest BCUT2D eigenvalue weighted by molar-refractivity contribution is 5.69. The highest BCUT2D eigenvalue weighted by Crippen LogP contribution is 2.03. The van der Waals surface area contributed by atoms with E-state index < -0.39 is 37.5 Å². The van der Waals surface area contributed by atoms with Crippen molar-refractivity contribution >= 4 is 5.97 Å². The van der Waals surface area contributed by atoms with Crippen molar-refractivity contribution in [3.05, 3.63) is 72.9 Å². The predicted molar refractivity (Wildman–Crippen MR) is 124 cm³/mol. The van der Waals surface area contributed by atoms with Crippen molar-refractivity contribution in [2.75, 3.05) is 13.2 Å². The van der Waals surface area contributed by atoms with Gasteiger partial charge >= 0.3 is 5.97 Å². The second-order valence-corrected chi connectivity index (χ2v) is 6.83. The largest absolute Gasteiger partial charge is 0.457 e. The number of aliphatic hydroxyl groups is 4. The highest BCUT2D eigenvalue weighted by Gasteiger charge is 2.11. The molecule has 0 aromatic carbocycles. The standard InChI is InChI=1S/C25H38O6/c1-2-3-10-15-22(28)16-11-7-5-4-6-8-12-17-23(29)18-13-9-14-19-25(30)31-24(20-26)21-27/h3,5-8,10-13,16-18,22-24,26-29H,2,4,9,14-15,19-21H2,1H3/b7-5-,8-6-,10-3-,16-11+,17-12+,18-13-/t22-,23-/m0/s1. The normalized spacial score (nSPS) is 15.0. The molecule has 31 heavy (non-hydrogen) atoms. The molecule has 0 aliphatic heterocycles. The molecule has 0 radical (unpaired) electrons. The first-order valence-corrected chi connectivity index (χ1v) is 10.8. The molecule has 0 heterocycles.